The van der Waals surface area contributed by atoms with Gasteiger partial charge in [-0.15, -0.1) is 11.8 Å². The maximum Gasteiger partial charge on any atom is 0.137 e. The highest BCUT2D eigenvalue weighted by molar-refractivity contribution is 8.00. The lowest BCUT2D eigenvalue weighted by atomic mass is 9.95. The van der Waals surface area contributed by atoms with Crippen LogP contribution in [0.4, 0.5) is 0 Å². The van der Waals surface area contributed by atoms with Crippen LogP contribution >= 0.6 is 23.4 Å². The Labute approximate surface area is 222 Å². The van der Waals surface area contributed by atoms with E-state index in [1.54, 1.807) is 0 Å². The summed E-state index contributed by atoms with van der Waals surface area (Å²) in [7, 11) is 0. The zero-order chi connectivity index (χ0) is 25.0. The van der Waals surface area contributed by atoms with Gasteiger partial charge in [-0.3, -0.25) is 0 Å². The number of rotatable bonds is 14. The summed E-state index contributed by atoms with van der Waals surface area (Å²) < 4.78 is 18.0. The predicted molar refractivity (Wildman–Crippen MR) is 150 cm³/mol. The van der Waals surface area contributed by atoms with Crippen molar-refractivity contribution >= 4 is 23.4 Å². The van der Waals surface area contributed by atoms with Gasteiger partial charge in [-0.1, -0.05) is 62.6 Å². The normalized spacial score (nSPS) is 20.2. The molecule has 0 bridgehead atoms. The fraction of sp³-hybridized carbons (Fsp3) is 0.600. The summed E-state index contributed by atoms with van der Waals surface area (Å²) in [6.07, 6.45) is 7.93. The number of thioether (sulfide) groups is 1. The fourth-order valence-electron chi connectivity index (χ4n) is 4.51. The van der Waals surface area contributed by atoms with Gasteiger partial charge in [0.15, 0.2) is 0 Å². The fourth-order valence-corrected chi connectivity index (χ4v) is 6.37. The van der Waals surface area contributed by atoms with Crippen LogP contribution in [0, 0.1) is 6.92 Å². The maximum atomic E-state index is 6.46. The Kier molecular flexibility index (Phi) is 12.3. The van der Waals surface area contributed by atoms with E-state index in [2.05, 4.69) is 56.8 Å². The molecule has 5 heteroatoms. The van der Waals surface area contributed by atoms with Crippen molar-refractivity contribution < 1.29 is 14.2 Å². The monoisotopic (exact) mass is 518 g/mol. The molecule has 194 valence electrons. The first-order valence-electron chi connectivity index (χ1n) is 13.4. The molecular formula is C30H43ClO3S. The summed E-state index contributed by atoms with van der Waals surface area (Å²) in [6.45, 7) is 11.8. The summed E-state index contributed by atoms with van der Waals surface area (Å²) in [5, 5.41) is 1.59. The van der Waals surface area contributed by atoms with Crippen LogP contribution in [-0.4, -0.2) is 37.8 Å². The Morgan fingerprint density at radius 2 is 1.77 bits per heavy atom. The van der Waals surface area contributed by atoms with E-state index >= 15 is 0 Å². The molecule has 0 unspecified atom stereocenters. The van der Waals surface area contributed by atoms with E-state index in [4.69, 9.17) is 25.8 Å². The molecular weight excluding hydrogens is 476 g/mol. The number of unbranched alkanes of at least 4 members (excludes halogenated alkanes) is 2. The molecule has 2 aromatic carbocycles. The topological polar surface area (TPSA) is 27.7 Å². The summed E-state index contributed by atoms with van der Waals surface area (Å²) in [4.78, 5) is 0. The number of aryl methyl sites for hydroxylation is 1. The van der Waals surface area contributed by atoms with Crippen LogP contribution in [0.3, 0.4) is 0 Å². The molecule has 3 nitrogen and oxygen atoms in total. The molecule has 3 atom stereocenters. The minimum Gasteiger partial charge on any atom is -0.492 e. The number of hydrogen-bond acceptors (Lipinski definition) is 4. The van der Waals surface area contributed by atoms with Crippen molar-refractivity contribution in [2.75, 3.05) is 26.4 Å². The van der Waals surface area contributed by atoms with Crippen LogP contribution in [0.5, 0.6) is 5.75 Å². The Bertz CT molecular complexity index is 903. The van der Waals surface area contributed by atoms with E-state index in [0.29, 0.717) is 28.2 Å². The quantitative estimate of drug-likeness (QED) is 0.234. The molecule has 3 rings (SSSR count). The SMILES string of the molecule is CCCCOC[C@@H]1C[C@H](OCCCC)C[C@H](c2ccc(C)c(Cc3ccc(OCC)c(Cl)c3)c2)S1. The van der Waals surface area contributed by atoms with Crippen LogP contribution in [-0.2, 0) is 15.9 Å². The van der Waals surface area contributed by atoms with Gasteiger partial charge in [0.2, 0.25) is 0 Å². The van der Waals surface area contributed by atoms with Gasteiger partial charge in [-0.25, -0.2) is 0 Å². The first-order chi connectivity index (χ1) is 17.0. The lowest BCUT2D eigenvalue weighted by Crippen LogP contribution is -2.30. The lowest BCUT2D eigenvalue weighted by Gasteiger charge is -2.35. The lowest BCUT2D eigenvalue weighted by molar-refractivity contribution is 0.0283. The van der Waals surface area contributed by atoms with Crippen molar-refractivity contribution in [2.45, 2.75) is 89.2 Å². The average Bonchev–Trinajstić information content (AvgIpc) is 2.85. The first-order valence-corrected chi connectivity index (χ1v) is 14.7. The van der Waals surface area contributed by atoms with Gasteiger partial charge in [0.25, 0.3) is 0 Å². The number of benzene rings is 2. The molecule has 1 fully saturated rings. The third-order valence-corrected chi connectivity index (χ3v) is 8.39. The van der Waals surface area contributed by atoms with Gasteiger partial charge < -0.3 is 14.2 Å². The molecule has 1 saturated heterocycles. The Balaban J connectivity index is 1.73. The molecule has 1 aliphatic heterocycles. The predicted octanol–water partition coefficient (Wildman–Crippen LogP) is 8.58. The zero-order valence-electron chi connectivity index (χ0n) is 22.0. The van der Waals surface area contributed by atoms with E-state index in [0.717, 1.165) is 57.7 Å². The van der Waals surface area contributed by atoms with E-state index in [-0.39, 0.29) is 0 Å². The smallest absolute Gasteiger partial charge is 0.137 e. The average molecular weight is 519 g/mol. The molecule has 2 aromatic rings. The first kappa shape index (κ1) is 28.4. The second kappa shape index (κ2) is 15.1. The Hall–Kier alpha value is -1.20. The van der Waals surface area contributed by atoms with Gasteiger partial charge in [-0.05, 0) is 80.3 Å². The minimum atomic E-state index is 0.308. The third-order valence-electron chi connectivity index (χ3n) is 6.59. The molecule has 35 heavy (non-hydrogen) atoms. The number of ether oxygens (including phenoxy) is 3. The highest BCUT2D eigenvalue weighted by Crippen LogP contribution is 2.44. The standard InChI is InChI=1S/C30H43ClO3S/c1-5-8-14-32-21-27-19-26(34-15-9-6-2)20-30(35-27)24-12-10-22(4)25(18-24)16-23-11-13-29(33-7-3)28(31)17-23/h10-13,17-18,26-27,30H,5-9,14-16,19-21H2,1-4H3/t26-,27-,30+/m0/s1. The maximum absolute atomic E-state index is 6.46. The summed E-state index contributed by atoms with van der Waals surface area (Å²) in [5.41, 5.74) is 5.27. The van der Waals surface area contributed by atoms with Crippen molar-refractivity contribution in [3.05, 3.63) is 63.7 Å². The molecule has 0 spiro atoms. The molecule has 1 heterocycles. The molecule has 0 saturated carbocycles. The van der Waals surface area contributed by atoms with E-state index in [9.17, 15) is 0 Å². The van der Waals surface area contributed by atoms with E-state index < -0.39 is 0 Å². The van der Waals surface area contributed by atoms with Gasteiger partial charge >= 0.3 is 0 Å². The highest BCUT2D eigenvalue weighted by atomic mass is 35.5. The van der Waals surface area contributed by atoms with Crippen LogP contribution < -0.4 is 4.74 Å². The largest absolute Gasteiger partial charge is 0.492 e. The van der Waals surface area contributed by atoms with Crippen molar-refractivity contribution in [3.8, 4) is 5.75 Å². The Morgan fingerprint density at radius 3 is 2.51 bits per heavy atom. The van der Waals surface area contributed by atoms with Gasteiger partial charge in [0.1, 0.15) is 5.75 Å². The number of halogens is 1. The van der Waals surface area contributed by atoms with Crippen molar-refractivity contribution in [1.29, 1.82) is 0 Å². The van der Waals surface area contributed by atoms with Gasteiger partial charge in [0, 0.05) is 23.7 Å². The summed E-state index contributed by atoms with van der Waals surface area (Å²) in [5.74, 6) is 0.753. The third kappa shape index (κ3) is 9.00. The molecule has 0 radical (unpaired) electrons. The van der Waals surface area contributed by atoms with Gasteiger partial charge in [0.05, 0.1) is 24.3 Å². The van der Waals surface area contributed by atoms with Crippen LogP contribution in [0.15, 0.2) is 36.4 Å². The van der Waals surface area contributed by atoms with Crippen LogP contribution in [0.2, 0.25) is 5.02 Å². The zero-order valence-corrected chi connectivity index (χ0v) is 23.6. The van der Waals surface area contributed by atoms with Gasteiger partial charge in [-0.2, -0.15) is 0 Å². The molecule has 0 aliphatic carbocycles. The Morgan fingerprint density at radius 1 is 0.971 bits per heavy atom. The van der Waals surface area contributed by atoms with E-state index in [1.807, 2.05) is 19.1 Å². The van der Waals surface area contributed by atoms with E-state index in [1.165, 1.54) is 35.1 Å². The summed E-state index contributed by atoms with van der Waals surface area (Å²) >= 11 is 8.53. The minimum absolute atomic E-state index is 0.308. The van der Waals surface area contributed by atoms with Crippen molar-refractivity contribution in [3.63, 3.8) is 0 Å². The van der Waals surface area contributed by atoms with Crippen molar-refractivity contribution in [1.82, 2.24) is 0 Å². The summed E-state index contributed by atoms with van der Waals surface area (Å²) in [6, 6.07) is 13.1. The van der Waals surface area contributed by atoms with Crippen LogP contribution in [0.25, 0.3) is 0 Å². The molecule has 0 aromatic heterocycles. The number of hydrogen-bond donors (Lipinski definition) is 0. The highest BCUT2D eigenvalue weighted by Gasteiger charge is 2.31. The van der Waals surface area contributed by atoms with Crippen molar-refractivity contribution in [2.24, 2.45) is 0 Å². The molecule has 0 N–H and O–H groups in total. The second-order valence-corrected chi connectivity index (χ2v) is 11.5. The van der Waals surface area contributed by atoms with Crippen LogP contribution in [0.1, 0.15) is 86.8 Å². The second-order valence-electron chi connectivity index (χ2n) is 9.55. The molecule has 1 aliphatic rings. The molecule has 0 amide bonds.